The van der Waals surface area contributed by atoms with Gasteiger partial charge in [0.2, 0.25) is 0 Å². The third kappa shape index (κ3) is 3.19. The highest BCUT2D eigenvalue weighted by Gasteiger charge is 2.18. The van der Waals surface area contributed by atoms with Gasteiger partial charge in [0.25, 0.3) is 0 Å². The number of hydrogen-bond donors (Lipinski definition) is 1. The van der Waals surface area contributed by atoms with Gasteiger partial charge in [-0.3, -0.25) is 4.79 Å². The van der Waals surface area contributed by atoms with Gasteiger partial charge in [0.05, 0.1) is 21.3 Å². The number of nitrogens with zero attached hydrogens (tertiary/aromatic N) is 1. The molecule has 3 nitrogen and oxygen atoms in total. The zero-order valence-electron chi connectivity index (χ0n) is 11.0. The Hall–Kier alpha value is -1.76. The third-order valence-electron chi connectivity index (χ3n) is 2.90. The lowest BCUT2D eigenvalue weighted by Crippen LogP contribution is -2.01. The summed E-state index contributed by atoms with van der Waals surface area (Å²) < 4.78 is 13.7. The number of halogens is 2. The summed E-state index contributed by atoms with van der Waals surface area (Å²) in [6.07, 6.45) is -0.164. The van der Waals surface area contributed by atoms with E-state index < -0.39 is 5.97 Å². The second-order valence-electron chi connectivity index (χ2n) is 4.48. The fourth-order valence-corrected chi connectivity index (χ4v) is 4.22. The van der Waals surface area contributed by atoms with Gasteiger partial charge in [0.1, 0.15) is 10.8 Å². The molecule has 0 aliphatic rings. The molecule has 0 unspecified atom stereocenters. The predicted molar refractivity (Wildman–Crippen MR) is 87.2 cm³/mol. The Labute approximate surface area is 138 Å². The van der Waals surface area contributed by atoms with Crippen molar-refractivity contribution in [3.63, 3.8) is 0 Å². The van der Waals surface area contributed by atoms with Crippen LogP contribution in [0.5, 0.6) is 0 Å². The highest BCUT2D eigenvalue weighted by atomic mass is 35.5. The topological polar surface area (TPSA) is 50.2 Å². The van der Waals surface area contributed by atoms with Crippen molar-refractivity contribution < 1.29 is 14.3 Å². The Balaban J connectivity index is 2.07. The van der Waals surface area contributed by atoms with Gasteiger partial charge < -0.3 is 5.11 Å². The molecule has 3 aromatic rings. The Morgan fingerprint density at radius 3 is 2.50 bits per heavy atom. The molecule has 3 rings (SSSR count). The van der Waals surface area contributed by atoms with Crippen LogP contribution < -0.4 is 0 Å². The Morgan fingerprint density at radius 1 is 1.18 bits per heavy atom. The van der Waals surface area contributed by atoms with Gasteiger partial charge in [-0.15, -0.1) is 22.7 Å². The molecule has 0 fully saturated rings. The molecule has 0 amide bonds. The molecule has 1 N–H and O–H groups in total. The van der Waals surface area contributed by atoms with Crippen molar-refractivity contribution >= 4 is 40.2 Å². The maximum absolute atomic E-state index is 13.0. The average molecular weight is 354 g/mol. The van der Waals surface area contributed by atoms with E-state index in [2.05, 4.69) is 4.98 Å². The molecule has 7 heteroatoms. The molecule has 0 aliphatic heterocycles. The van der Waals surface area contributed by atoms with Crippen molar-refractivity contribution in [3.05, 3.63) is 52.2 Å². The number of carbonyl (C=O) groups is 1. The monoisotopic (exact) mass is 353 g/mol. The number of aromatic nitrogens is 1. The third-order valence-corrected chi connectivity index (χ3v) is 5.46. The van der Waals surface area contributed by atoms with Gasteiger partial charge in [-0.25, -0.2) is 9.37 Å². The van der Waals surface area contributed by atoms with Crippen molar-refractivity contribution in [2.24, 2.45) is 0 Å². The van der Waals surface area contributed by atoms with Crippen LogP contribution in [-0.2, 0) is 11.2 Å². The van der Waals surface area contributed by atoms with Gasteiger partial charge in [-0.1, -0.05) is 11.6 Å². The molecule has 2 aromatic heterocycles. The summed E-state index contributed by atoms with van der Waals surface area (Å²) in [6, 6.07) is 9.59. The van der Waals surface area contributed by atoms with Crippen LogP contribution in [0.3, 0.4) is 0 Å². The molecular weight excluding hydrogens is 345 g/mol. The van der Waals surface area contributed by atoms with Crippen LogP contribution in [0.15, 0.2) is 36.4 Å². The SMILES string of the molecule is O=C(O)Cc1nc(-c2ccc(F)cc2)sc1-c1ccc(Cl)s1. The fourth-order valence-electron chi connectivity index (χ4n) is 1.96. The molecular formula is C15H9ClFNO2S2. The summed E-state index contributed by atoms with van der Waals surface area (Å²) in [6.45, 7) is 0. The van der Waals surface area contributed by atoms with Gasteiger partial charge in [-0.05, 0) is 36.4 Å². The molecule has 0 radical (unpaired) electrons. The number of aliphatic carboxylic acids is 1. The highest BCUT2D eigenvalue weighted by Crippen LogP contribution is 2.40. The molecule has 22 heavy (non-hydrogen) atoms. The molecule has 0 aliphatic carbocycles. The van der Waals surface area contributed by atoms with Crippen LogP contribution in [0.1, 0.15) is 5.69 Å². The van der Waals surface area contributed by atoms with E-state index in [1.807, 2.05) is 6.07 Å². The van der Waals surface area contributed by atoms with E-state index in [1.165, 1.54) is 34.8 Å². The van der Waals surface area contributed by atoms with Gasteiger partial charge in [0.15, 0.2) is 0 Å². The summed E-state index contributed by atoms with van der Waals surface area (Å²) in [7, 11) is 0. The van der Waals surface area contributed by atoms with Crippen LogP contribution >= 0.6 is 34.3 Å². The van der Waals surface area contributed by atoms with Crippen molar-refractivity contribution in [2.75, 3.05) is 0 Å². The van der Waals surface area contributed by atoms with E-state index in [4.69, 9.17) is 16.7 Å². The highest BCUT2D eigenvalue weighted by molar-refractivity contribution is 7.25. The van der Waals surface area contributed by atoms with E-state index in [0.717, 1.165) is 15.3 Å². The summed E-state index contributed by atoms with van der Waals surface area (Å²) in [4.78, 5) is 17.1. The van der Waals surface area contributed by atoms with Crippen LogP contribution in [0.2, 0.25) is 4.34 Å². The Morgan fingerprint density at radius 2 is 1.91 bits per heavy atom. The van der Waals surface area contributed by atoms with Gasteiger partial charge >= 0.3 is 5.97 Å². The molecule has 0 spiro atoms. The normalized spacial score (nSPS) is 10.8. The van der Waals surface area contributed by atoms with Gasteiger partial charge in [0, 0.05) is 10.4 Å². The van der Waals surface area contributed by atoms with Crippen LogP contribution in [0.25, 0.3) is 20.3 Å². The van der Waals surface area contributed by atoms with Crippen molar-refractivity contribution in [1.29, 1.82) is 0 Å². The van der Waals surface area contributed by atoms with E-state index in [0.29, 0.717) is 15.0 Å². The van der Waals surface area contributed by atoms with Crippen LogP contribution in [0, 0.1) is 5.82 Å². The first kappa shape index (κ1) is 15.1. The van der Waals surface area contributed by atoms with E-state index in [1.54, 1.807) is 18.2 Å². The second-order valence-corrected chi connectivity index (χ2v) is 7.19. The minimum absolute atomic E-state index is 0.164. The van der Waals surface area contributed by atoms with Crippen molar-refractivity contribution in [3.8, 4) is 20.3 Å². The lowest BCUT2D eigenvalue weighted by atomic mass is 10.2. The summed E-state index contributed by atoms with van der Waals surface area (Å²) in [5.74, 6) is -1.27. The second kappa shape index (κ2) is 6.16. The molecule has 0 saturated carbocycles. The minimum Gasteiger partial charge on any atom is -0.481 e. The minimum atomic E-state index is -0.945. The number of carboxylic acid groups (broad SMARTS) is 1. The summed E-state index contributed by atoms with van der Waals surface area (Å²) >= 11 is 8.71. The molecule has 0 atom stereocenters. The number of benzene rings is 1. The standard InChI is InChI=1S/C15H9ClFNO2S2/c16-12-6-5-11(21-12)14-10(7-13(19)20)18-15(22-14)8-1-3-9(17)4-2-8/h1-6H,7H2,(H,19,20). The molecule has 1 aromatic carbocycles. The lowest BCUT2D eigenvalue weighted by molar-refractivity contribution is -0.136. The predicted octanol–water partition coefficient (Wildman–Crippen LogP) is 4.96. The van der Waals surface area contributed by atoms with Crippen molar-refractivity contribution in [1.82, 2.24) is 4.98 Å². The average Bonchev–Trinajstić information content (AvgIpc) is 3.05. The quantitative estimate of drug-likeness (QED) is 0.721. The van der Waals surface area contributed by atoms with Gasteiger partial charge in [-0.2, -0.15) is 0 Å². The smallest absolute Gasteiger partial charge is 0.309 e. The Bertz CT molecular complexity index is 826. The largest absolute Gasteiger partial charge is 0.481 e. The maximum Gasteiger partial charge on any atom is 0.309 e. The summed E-state index contributed by atoms with van der Waals surface area (Å²) in [5.41, 5.74) is 1.25. The van der Waals surface area contributed by atoms with E-state index in [9.17, 15) is 9.18 Å². The first-order valence-corrected chi connectivity index (χ1v) is 8.27. The zero-order chi connectivity index (χ0) is 15.7. The molecule has 0 bridgehead atoms. The Kier molecular flexibility index (Phi) is 4.24. The lowest BCUT2D eigenvalue weighted by Gasteiger charge is -1.95. The molecule has 112 valence electrons. The molecule has 0 saturated heterocycles. The first-order valence-electron chi connectivity index (χ1n) is 6.26. The number of hydrogen-bond acceptors (Lipinski definition) is 4. The van der Waals surface area contributed by atoms with Crippen LogP contribution in [-0.4, -0.2) is 16.1 Å². The first-order chi connectivity index (χ1) is 10.5. The number of thiophene rings is 1. The van der Waals surface area contributed by atoms with E-state index >= 15 is 0 Å². The molecule has 2 heterocycles. The van der Waals surface area contributed by atoms with Crippen LogP contribution in [0.4, 0.5) is 4.39 Å². The maximum atomic E-state index is 13.0. The summed E-state index contributed by atoms with van der Waals surface area (Å²) in [5, 5.41) is 9.71. The fraction of sp³-hybridized carbons (Fsp3) is 0.0667. The number of carboxylic acids is 1. The van der Waals surface area contributed by atoms with E-state index in [-0.39, 0.29) is 12.2 Å². The van der Waals surface area contributed by atoms with Crippen molar-refractivity contribution in [2.45, 2.75) is 6.42 Å². The number of rotatable bonds is 4. The zero-order valence-corrected chi connectivity index (χ0v) is 13.4. The number of thiazole rings is 1.